The summed E-state index contributed by atoms with van der Waals surface area (Å²) in [4.78, 5) is 0. The Hall–Kier alpha value is -0.200. The summed E-state index contributed by atoms with van der Waals surface area (Å²) in [5, 5.41) is 0. The molecule has 1 aromatic carbocycles. The Bertz CT molecular complexity index is 266. The van der Waals surface area contributed by atoms with Crippen LogP contribution < -0.4 is 0 Å². The van der Waals surface area contributed by atoms with Gasteiger partial charge in [0, 0.05) is 0 Å². The quantitative estimate of drug-likeness (QED) is 0.643. The first-order valence-electron chi connectivity index (χ1n) is 4.01. The van der Waals surface area contributed by atoms with Crippen LogP contribution in [-0.2, 0) is 6.42 Å². The fraction of sp³-hybridized carbons (Fsp3) is 0.400. The van der Waals surface area contributed by atoms with E-state index >= 15 is 0 Å². The summed E-state index contributed by atoms with van der Waals surface area (Å²) in [6.45, 7) is 0. The molecule has 1 aliphatic rings. The van der Waals surface area contributed by atoms with Crippen molar-refractivity contribution >= 4 is 23.2 Å². The van der Waals surface area contributed by atoms with Gasteiger partial charge in [0.05, 0.1) is 0 Å². The molecule has 2 rings (SSSR count). The van der Waals surface area contributed by atoms with E-state index in [2.05, 4.69) is 18.2 Å². The van der Waals surface area contributed by atoms with E-state index in [4.69, 9.17) is 23.2 Å². The van der Waals surface area contributed by atoms with Crippen molar-refractivity contribution in [1.82, 2.24) is 0 Å². The van der Waals surface area contributed by atoms with Crippen LogP contribution in [0, 0.1) is 12.0 Å². The van der Waals surface area contributed by atoms with Gasteiger partial charge < -0.3 is 0 Å². The fourth-order valence-corrected chi connectivity index (χ4v) is 1.86. The number of rotatable bonds is 2. The van der Waals surface area contributed by atoms with E-state index in [9.17, 15) is 0 Å². The molecule has 2 heteroatoms. The molecule has 1 atom stereocenters. The molecule has 1 aliphatic carbocycles. The van der Waals surface area contributed by atoms with Gasteiger partial charge in [0.15, 0.2) is 0 Å². The monoisotopic (exact) mass is 199 g/mol. The first kappa shape index (κ1) is 8.40. The number of alkyl halides is 2. The molecule has 63 valence electrons. The minimum absolute atomic E-state index is 0.445. The Kier molecular flexibility index (Phi) is 2.05. The standard InChI is InChI=1S/C10H9Cl2/c11-10(12)7-9(10)6-8-4-2-1-3-5-8/h2-5,9H,6-7H2. The van der Waals surface area contributed by atoms with Crippen LogP contribution in [0.1, 0.15) is 12.0 Å². The molecule has 0 saturated heterocycles. The van der Waals surface area contributed by atoms with E-state index in [0.29, 0.717) is 5.92 Å². The van der Waals surface area contributed by atoms with E-state index in [1.807, 2.05) is 12.1 Å². The summed E-state index contributed by atoms with van der Waals surface area (Å²) in [5.41, 5.74) is 1.29. The smallest absolute Gasteiger partial charge is 0.101 e. The first-order valence-corrected chi connectivity index (χ1v) is 4.77. The van der Waals surface area contributed by atoms with E-state index in [1.54, 1.807) is 0 Å². The van der Waals surface area contributed by atoms with Gasteiger partial charge >= 0.3 is 0 Å². The van der Waals surface area contributed by atoms with Crippen molar-refractivity contribution in [1.29, 1.82) is 0 Å². The topological polar surface area (TPSA) is 0 Å². The molecule has 0 aromatic heterocycles. The summed E-state index contributed by atoms with van der Waals surface area (Å²) < 4.78 is -0.445. The number of halogens is 2. The van der Waals surface area contributed by atoms with Gasteiger partial charge in [-0.1, -0.05) is 24.3 Å². The Balaban J connectivity index is 1.98. The minimum atomic E-state index is -0.445. The molecule has 0 spiro atoms. The molecule has 1 unspecified atom stereocenters. The highest BCUT2D eigenvalue weighted by Crippen LogP contribution is 2.54. The van der Waals surface area contributed by atoms with Crippen LogP contribution >= 0.6 is 23.2 Å². The van der Waals surface area contributed by atoms with E-state index in [0.717, 1.165) is 12.8 Å². The van der Waals surface area contributed by atoms with Crippen molar-refractivity contribution in [2.75, 3.05) is 0 Å². The maximum atomic E-state index is 5.91. The zero-order chi connectivity index (χ0) is 8.60. The van der Waals surface area contributed by atoms with Crippen molar-refractivity contribution in [2.45, 2.75) is 17.2 Å². The lowest BCUT2D eigenvalue weighted by molar-refractivity contribution is 0.820. The van der Waals surface area contributed by atoms with Gasteiger partial charge in [0.25, 0.3) is 0 Å². The van der Waals surface area contributed by atoms with Crippen LogP contribution in [-0.4, -0.2) is 4.33 Å². The maximum Gasteiger partial charge on any atom is 0.121 e. The summed E-state index contributed by atoms with van der Waals surface area (Å²) in [5.74, 6) is 0.447. The number of hydrogen-bond acceptors (Lipinski definition) is 0. The lowest BCUT2D eigenvalue weighted by Gasteiger charge is -1.99. The second-order valence-electron chi connectivity index (χ2n) is 3.27. The van der Waals surface area contributed by atoms with Gasteiger partial charge in [-0.05, 0) is 30.4 Å². The Labute approximate surface area is 82.5 Å². The summed E-state index contributed by atoms with van der Waals surface area (Å²) >= 11 is 11.8. The predicted octanol–water partition coefficient (Wildman–Crippen LogP) is 3.22. The van der Waals surface area contributed by atoms with Crippen LogP contribution in [0.25, 0.3) is 0 Å². The van der Waals surface area contributed by atoms with Crippen molar-refractivity contribution in [3.05, 3.63) is 35.9 Å². The van der Waals surface area contributed by atoms with Crippen LogP contribution in [0.15, 0.2) is 24.3 Å². The van der Waals surface area contributed by atoms with Gasteiger partial charge in [0.1, 0.15) is 4.33 Å². The second kappa shape index (κ2) is 2.93. The predicted molar refractivity (Wildman–Crippen MR) is 51.5 cm³/mol. The summed E-state index contributed by atoms with van der Waals surface area (Å²) in [7, 11) is 0. The van der Waals surface area contributed by atoms with Crippen molar-refractivity contribution in [3.8, 4) is 0 Å². The molecular formula is C10H9Cl2. The van der Waals surface area contributed by atoms with Gasteiger partial charge in [-0.15, -0.1) is 23.2 Å². The van der Waals surface area contributed by atoms with Crippen molar-refractivity contribution in [3.63, 3.8) is 0 Å². The zero-order valence-corrected chi connectivity index (χ0v) is 8.07. The molecule has 1 aromatic rings. The molecule has 1 saturated carbocycles. The minimum Gasteiger partial charge on any atom is -0.101 e. The molecule has 1 radical (unpaired) electrons. The number of benzene rings is 1. The largest absolute Gasteiger partial charge is 0.121 e. The van der Waals surface area contributed by atoms with Crippen LogP contribution in [0.4, 0.5) is 0 Å². The zero-order valence-electron chi connectivity index (χ0n) is 6.56. The molecule has 0 heterocycles. The van der Waals surface area contributed by atoms with Gasteiger partial charge in [-0.2, -0.15) is 0 Å². The van der Waals surface area contributed by atoms with Gasteiger partial charge in [-0.25, -0.2) is 0 Å². The highest BCUT2D eigenvalue weighted by atomic mass is 35.5. The summed E-state index contributed by atoms with van der Waals surface area (Å²) in [6.07, 6.45) is 1.91. The molecule has 12 heavy (non-hydrogen) atoms. The summed E-state index contributed by atoms with van der Waals surface area (Å²) in [6, 6.07) is 10.9. The lowest BCUT2D eigenvalue weighted by Crippen LogP contribution is -1.94. The maximum absolute atomic E-state index is 5.91. The third-order valence-electron chi connectivity index (χ3n) is 2.23. The average Bonchev–Trinajstić information content (AvgIpc) is 2.61. The fourth-order valence-electron chi connectivity index (χ4n) is 1.33. The van der Waals surface area contributed by atoms with Crippen LogP contribution in [0.5, 0.6) is 0 Å². The molecular weight excluding hydrogens is 191 g/mol. The Morgan fingerprint density at radius 3 is 2.50 bits per heavy atom. The number of hydrogen-bond donors (Lipinski definition) is 0. The lowest BCUT2D eigenvalue weighted by atomic mass is 10.1. The van der Waals surface area contributed by atoms with Gasteiger partial charge in [0.2, 0.25) is 0 Å². The SMILES string of the molecule is ClC1(Cl)CC1Cc1cc[c]cc1. The average molecular weight is 200 g/mol. The molecule has 0 amide bonds. The highest BCUT2D eigenvalue weighted by Gasteiger charge is 2.50. The molecule has 0 nitrogen and oxygen atoms in total. The Morgan fingerprint density at radius 1 is 1.42 bits per heavy atom. The molecule has 1 fully saturated rings. The first-order chi connectivity index (χ1) is 5.68. The third-order valence-corrected chi connectivity index (χ3v) is 3.15. The third kappa shape index (κ3) is 1.75. The van der Waals surface area contributed by atoms with Crippen LogP contribution in [0.3, 0.4) is 0 Å². The van der Waals surface area contributed by atoms with Crippen molar-refractivity contribution in [2.24, 2.45) is 5.92 Å². The molecule has 0 N–H and O–H groups in total. The highest BCUT2D eigenvalue weighted by molar-refractivity contribution is 6.50. The normalized spacial score (nSPS) is 25.3. The molecule has 0 aliphatic heterocycles. The van der Waals surface area contributed by atoms with E-state index < -0.39 is 4.33 Å². The van der Waals surface area contributed by atoms with E-state index in [-0.39, 0.29) is 0 Å². The molecule has 0 bridgehead atoms. The van der Waals surface area contributed by atoms with E-state index in [1.165, 1.54) is 5.56 Å². The Morgan fingerprint density at radius 2 is 2.00 bits per heavy atom. The second-order valence-corrected chi connectivity index (χ2v) is 4.82. The van der Waals surface area contributed by atoms with Crippen molar-refractivity contribution < 1.29 is 0 Å². The van der Waals surface area contributed by atoms with Crippen LogP contribution in [0.2, 0.25) is 0 Å². The van der Waals surface area contributed by atoms with Gasteiger partial charge in [-0.3, -0.25) is 0 Å².